The third-order valence-corrected chi connectivity index (χ3v) is 2.58. The molecule has 1 heteroatoms. The summed E-state index contributed by atoms with van der Waals surface area (Å²) < 4.78 is 0. The fourth-order valence-corrected chi connectivity index (χ4v) is 1.79. The molecule has 1 radical (unpaired) electrons. The van der Waals surface area contributed by atoms with E-state index in [1.807, 2.05) is 24.4 Å². The highest BCUT2D eigenvalue weighted by molar-refractivity contribution is 5.84. The average molecular weight is 192 g/mol. The quantitative estimate of drug-likeness (QED) is 0.606. The van der Waals surface area contributed by atoms with Crippen LogP contribution in [-0.4, -0.2) is 4.98 Å². The molecule has 0 aliphatic heterocycles. The lowest BCUT2D eigenvalue weighted by Crippen LogP contribution is -1.77. The normalized spacial score (nSPS) is 10.7. The van der Waals surface area contributed by atoms with Crippen LogP contribution in [0.4, 0.5) is 0 Å². The maximum atomic E-state index is 3.23. The van der Waals surface area contributed by atoms with Crippen molar-refractivity contribution in [2.45, 2.75) is 0 Å². The van der Waals surface area contributed by atoms with E-state index in [-0.39, 0.29) is 0 Å². The molecule has 0 aliphatic rings. The predicted octanol–water partition coefficient (Wildman–Crippen LogP) is 3.64. The van der Waals surface area contributed by atoms with Gasteiger partial charge in [-0.15, -0.1) is 0 Å². The van der Waals surface area contributed by atoms with E-state index in [9.17, 15) is 0 Å². The van der Waals surface area contributed by atoms with E-state index in [4.69, 9.17) is 0 Å². The van der Waals surface area contributed by atoms with Crippen molar-refractivity contribution in [1.82, 2.24) is 4.98 Å². The minimum Gasteiger partial charge on any atom is -0.361 e. The van der Waals surface area contributed by atoms with Crippen LogP contribution in [0.25, 0.3) is 22.0 Å². The zero-order valence-corrected chi connectivity index (χ0v) is 8.20. The highest BCUT2D eigenvalue weighted by Gasteiger charge is 1.99. The van der Waals surface area contributed by atoms with Crippen molar-refractivity contribution in [2.75, 3.05) is 0 Å². The van der Waals surface area contributed by atoms with Crippen LogP contribution >= 0.6 is 0 Å². The van der Waals surface area contributed by atoms with Gasteiger partial charge in [0.1, 0.15) is 0 Å². The number of fused-ring (bicyclic) bond motifs is 1. The Labute approximate surface area is 88.4 Å². The Hall–Kier alpha value is -2.02. The Bertz CT molecular complexity index is 578. The smallest absolute Gasteiger partial charge is 0.0460 e. The predicted molar refractivity (Wildman–Crippen MR) is 62.6 cm³/mol. The van der Waals surface area contributed by atoms with Gasteiger partial charge in [0.15, 0.2) is 0 Å². The van der Waals surface area contributed by atoms with E-state index in [2.05, 4.69) is 41.4 Å². The zero-order chi connectivity index (χ0) is 10.1. The molecule has 1 aromatic heterocycles. The van der Waals surface area contributed by atoms with E-state index >= 15 is 0 Å². The molecule has 2 aromatic carbocycles. The van der Waals surface area contributed by atoms with Crippen LogP contribution in [-0.2, 0) is 0 Å². The second kappa shape index (κ2) is 3.28. The summed E-state index contributed by atoms with van der Waals surface area (Å²) in [5.41, 5.74) is 3.50. The lowest BCUT2D eigenvalue weighted by atomic mass is 10.0. The molecule has 15 heavy (non-hydrogen) atoms. The lowest BCUT2D eigenvalue weighted by molar-refractivity contribution is 1.48. The Morgan fingerprint density at radius 2 is 2.00 bits per heavy atom. The van der Waals surface area contributed by atoms with Crippen LogP contribution in [0.3, 0.4) is 0 Å². The zero-order valence-electron chi connectivity index (χ0n) is 8.20. The number of hydrogen-bond donors (Lipinski definition) is 1. The molecule has 1 nitrogen and oxygen atoms in total. The van der Waals surface area contributed by atoms with Gasteiger partial charge >= 0.3 is 0 Å². The monoisotopic (exact) mass is 192 g/mol. The molecule has 0 saturated heterocycles. The number of hydrogen-bond acceptors (Lipinski definition) is 0. The summed E-state index contributed by atoms with van der Waals surface area (Å²) in [6.45, 7) is 0. The van der Waals surface area contributed by atoms with E-state index in [0.717, 1.165) is 5.56 Å². The van der Waals surface area contributed by atoms with Crippen molar-refractivity contribution in [3.63, 3.8) is 0 Å². The number of benzene rings is 2. The molecule has 71 valence electrons. The van der Waals surface area contributed by atoms with Crippen molar-refractivity contribution in [2.24, 2.45) is 0 Å². The molecule has 0 amide bonds. The first-order valence-corrected chi connectivity index (χ1v) is 4.98. The number of rotatable bonds is 1. The van der Waals surface area contributed by atoms with Gasteiger partial charge in [0.05, 0.1) is 0 Å². The van der Waals surface area contributed by atoms with Crippen molar-refractivity contribution in [1.29, 1.82) is 0 Å². The van der Waals surface area contributed by atoms with Gasteiger partial charge in [0.25, 0.3) is 0 Å². The van der Waals surface area contributed by atoms with Crippen molar-refractivity contribution < 1.29 is 0 Å². The SMILES string of the molecule is [c]1ccccc1-c1ccc2cc[nH]c2c1. The fourth-order valence-electron chi connectivity index (χ4n) is 1.79. The molecule has 0 aliphatic carbocycles. The van der Waals surface area contributed by atoms with Gasteiger partial charge in [-0.05, 0) is 34.7 Å². The first-order chi connectivity index (χ1) is 7.43. The first kappa shape index (κ1) is 8.30. The van der Waals surface area contributed by atoms with Gasteiger partial charge in [-0.3, -0.25) is 0 Å². The summed E-state index contributed by atoms with van der Waals surface area (Å²) in [7, 11) is 0. The number of H-pyrrole nitrogens is 1. The van der Waals surface area contributed by atoms with Crippen molar-refractivity contribution in [3.8, 4) is 11.1 Å². The van der Waals surface area contributed by atoms with Crippen LogP contribution in [0.1, 0.15) is 0 Å². The van der Waals surface area contributed by atoms with E-state index in [0.29, 0.717) is 0 Å². The summed E-state index contributed by atoms with van der Waals surface area (Å²) >= 11 is 0. The molecule has 3 aromatic rings. The molecule has 0 bridgehead atoms. The minimum absolute atomic E-state index is 1.13. The maximum Gasteiger partial charge on any atom is 0.0460 e. The maximum absolute atomic E-state index is 3.23. The topological polar surface area (TPSA) is 15.8 Å². The van der Waals surface area contributed by atoms with Gasteiger partial charge in [-0.25, -0.2) is 0 Å². The Morgan fingerprint density at radius 3 is 2.87 bits per heavy atom. The minimum atomic E-state index is 1.13. The number of nitrogens with one attached hydrogen (secondary N) is 1. The molecule has 0 saturated carbocycles. The fraction of sp³-hybridized carbons (Fsp3) is 0. The summed E-state index contributed by atoms with van der Waals surface area (Å²) in [4.78, 5) is 3.22. The largest absolute Gasteiger partial charge is 0.361 e. The molecular formula is C14H10N. The van der Waals surface area contributed by atoms with E-state index in [1.165, 1.54) is 16.5 Å². The van der Waals surface area contributed by atoms with Crippen LogP contribution in [0.5, 0.6) is 0 Å². The van der Waals surface area contributed by atoms with E-state index in [1.54, 1.807) is 0 Å². The molecule has 0 spiro atoms. The third kappa shape index (κ3) is 1.42. The first-order valence-electron chi connectivity index (χ1n) is 4.98. The molecule has 3 rings (SSSR count). The second-order valence-electron chi connectivity index (χ2n) is 3.56. The van der Waals surface area contributed by atoms with E-state index < -0.39 is 0 Å². The third-order valence-electron chi connectivity index (χ3n) is 2.58. The number of aromatic nitrogens is 1. The van der Waals surface area contributed by atoms with Gasteiger partial charge < -0.3 is 4.98 Å². The molecular weight excluding hydrogens is 182 g/mol. The Kier molecular flexibility index (Phi) is 1.82. The van der Waals surface area contributed by atoms with Crippen LogP contribution < -0.4 is 0 Å². The average Bonchev–Trinajstić information content (AvgIpc) is 2.77. The van der Waals surface area contributed by atoms with Gasteiger partial charge in [0.2, 0.25) is 0 Å². The standard InChI is InChI=1S/C14H10N/c1-2-4-11(5-3-1)13-7-6-12-8-9-15-14(12)10-13/h1-4,6-10,15H. The highest BCUT2D eigenvalue weighted by Crippen LogP contribution is 2.22. The van der Waals surface area contributed by atoms with Gasteiger partial charge in [0, 0.05) is 11.7 Å². The molecule has 0 atom stereocenters. The summed E-state index contributed by atoms with van der Waals surface area (Å²) in [5, 5.41) is 1.25. The molecule has 0 fully saturated rings. The molecule has 1 N–H and O–H groups in total. The Morgan fingerprint density at radius 1 is 1.00 bits per heavy atom. The summed E-state index contributed by atoms with van der Waals surface area (Å²) in [6, 6.07) is 19.7. The van der Waals surface area contributed by atoms with Crippen LogP contribution in [0.2, 0.25) is 0 Å². The molecule has 0 unspecified atom stereocenters. The molecule has 1 heterocycles. The second-order valence-corrected chi connectivity index (χ2v) is 3.56. The van der Waals surface area contributed by atoms with Crippen LogP contribution in [0.15, 0.2) is 54.7 Å². The van der Waals surface area contributed by atoms with Crippen molar-refractivity contribution in [3.05, 3.63) is 60.8 Å². The summed E-state index contributed by atoms with van der Waals surface area (Å²) in [6.07, 6.45) is 1.96. The highest BCUT2D eigenvalue weighted by atomic mass is 14.7. The number of aromatic amines is 1. The lowest BCUT2D eigenvalue weighted by Gasteiger charge is -2.00. The van der Waals surface area contributed by atoms with Crippen LogP contribution in [0, 0.1) is 6.07 Å². The van der Waals surface area contributed by atoms with Crippen molar-refractivity contribution >= 4 is 10.9 Å². The van der Waals surface area contributed by atoms with Gasteiger partial charge in [-0.1, -0.05) is 36.4 Å². The summed E-state index contributed by atoms with van der Waals surface area (Å²) in [5.74, 6) is 0. The van der Waals surface area contributed by atoms with Gasteiger partial charge in [-0.2, -0.15) is 0 Å². The Balaban J connectivity index is 2.19.